The van der Waals surface area contributed by atoms with Crippen molar-refractivity contribution >= 4 is 5.78 Å². The highest BCUT2D eigenvalue weighted by atomic mass is 16.5. The molecule has 2 aliphatic heterocycles. The number of ether oxygens (including phenoxy) is 2. The maximum Gasteiger partial charge on any atom is 0.161 e. The third kappa shape index (κ3) is 3.09. The number of ketones is 1. The smallest absolute Gasteiger partial charge is 0.161 e. The predicted octanol–water partition coefficient (Wildman–Crippen LogP) is 3.24. The van der Waals surface area contributed by atoms with Crippen molar-refractivity contribution in [3.8, 4) is 11.5 Å². The summed E-state index contributed by atoms with van der Waals surface area (Å²) in [4.78, 5) is 14.5. The number of piperidine rings is 1. The molecule has 0 radical (unpaired) electrons. The van der Waals surface area contributed by atoms with Crippen LogP contribution in [0.1, 0.15) is 62.9 Å². The molecule has 4 heteroatoms. The maximum atomic E-state index is 13.3. The number of rotatable bonds is 4. The maximum absolute atomic E-state index is 13.3. The van der Waals surface area contributed by atoms with Gasteiger partial charge in [0.2, 0.25) is 0 Å². The van der Waals surface area contributed by atoms with Gasteiger partial charge in [-0.25, -0.2) is 0 Å². The SMILES string of the molecule is [2H]C([2H])([2H])Oc1cc2c(cc1OC)C1CC(=O)C(C([2H])([2H])C([2H])(C([2H])([2H])[2H])C([2H])([2H])[2H])C([2H])([2H])N1CC2. The number of nitrogens with zero attached hydrogens (tertiary/aromatic N) is 1. The van der Waals surface area contributed by atoms with Gasteiger partial charge < -0.3 is 9.47 Å². The molecule has 0 saturated carbocycles. The zero-order chi connectivity index (χ0) is 28.6. The van der Waals surface area contributed by atoms with E-state index in [0.29, 0.717) is 11.1 Å². The van der Waals surface area contributed by atoms with Crippen LogP contribution in [-0.4, -0.2) is 37.9 Å². The first-order valence-electron chi connectivity index (χ1n) is 14.2. The van der Waals surface area contributed by atoms with Crippen molar-refractivity contribution in [3.05, 3.63) is 23.3 Å². The molecule has 1 fully saturated rings. The summed E-state index contributed by atoms with van der Waals surface area (Å²) >= 11 is 0. The Bertz CT molecular complexity index is 1050. The number of methoxy groups -OCH3 is 2. The van der Waals surface area contributed by atoms with Gasteiger partial charge >= 0.3 is 0 Å². The highest BCUT2D eigenvalue weighted by Crippen LogP contribution is 2.42. The molecule has 0 aromatic heterocycles. The Kier molecular flexibility index (Phi) is 1.81. The summed E-state index contributed by atoms with van der Waals surface area (Å²) in [6.07, 6.45) is -4.00. The molecule has 1 aromatic rings. The van der Waals surface area contributed by atoms with Crippen molar-refractivity contribution in [1.82, 2.24) is 4.90 Å². The van der Waals surface area contributed by atoms with Crippen molar-refractivity contribution < 1.29 is 33.5 Å². The lowest BCUT2D eigenvalue weighted by Gasteiger charge is -2.43. The summed E-state index contributed by atoms with van der Waals surface area (Å²) in [7, 11) is -1.50. The van der Waals surface area contributed by atoms with Crippen LogP contribution >= 0.6 is 0 Å². The van der Waals surface area contributed by atoms with Gasteiger partial charge in [0.25, 0.3) is 0 Å². The minimum absolute atomic E-state index is 0.0113. The van der Waals surface area contributed by atoms with Crippen LogP contribution in [-0.2, 0) is 11.2 Å². The van der Waals surface area contributed by atoms with Gasteiger partial charge in [-0.1, -0.05) is 13.7 Å². The van der Waals surface area contributed by atoms with Gasteiger partial charge in [-0.2, -0.15) is 0 Å². The van der Waals surface area contributed by atoms with E-state index in [1.54, 1.807) is 0 Å². The Hall–Kier alpha value is -1.55. The summed E-state index contributed by atoms with van der Waals surface area (Å²) in [5, 5.41) is 0. The van der Waals surface area contributed by atoms with E-state index in [4.69, 9.17) is 28.7 Å². The molecule has 0 aliphatic carbocycles. The summed E-state index contributed by atoms with van der Waals surface area (Å²) in [6, 6.07) is 1.86. The molecule has 126 valence electrons. The van der Waals surface area contributed by atoms with Crippen molar-refractivity contribution in [2.45, 2.75) is 39.0 Å². The monoisotopic (exact) mass is 331 g/mol. The van der Waals surface area contributed by atoms with Gasteiger partial charge in [0.05, 0.1) is 18.3 Å². The van der Waals surface area contributed by atoms with E-state index in [1.165, 1.54) is 19.2 Å². The van der Waals surface area contributed by atoms with E-state index >= 15 is 0 Å². The normalized spacial score (nSPS) is 38.2. The van der Waals surface area contributed by atoms with E-state index in [-0.39, 0.29) is 24.5 Å². The molecule has 4 nitrogen and oxygen atoms in total. The van der Waals surface area contributed by atoms with E-state index in [9.17, 15) is 4.79 Å². The first-order chi connectivity index (χ1) is 16.5. The second-order valence-electron chi connectivity index (χ2n) is 5.52. The number of benzene rings is 1. The topological polar surface area (TPSA) is 38.8 Å². The van der Waals surface area contributed by atoms with Gasteiger partial charge in [-0.05, 0) is 41.9 Å². The Labute approximate surface area is 158 Å². The molecule has 2 heterocycles. The Balaban J connectivity index is 2.11. The van der Waals surface area contributed by atoms with Gasteiger partial charge in [-0.15, -0.1) is 0 Å². The number of carbonyl (C=O) groups excluding carboxylic acids is 1. The lowest BCUT2D eigenvalue weighted by Crippen LogP contribution is -2.46. The van der Waals surface area contributed by atoms with Crippen LogP contribution in [0.5, 0.6) is 11.5 Å². The molecule has 2 atom stereocenters. The molecule has 0 N–H and O–H groups in total. The minimum atomic E-state index is -3.80. The average Bonchev–Trinajstić information content (AvgIpc) is 2.68. The van der Waals surface area contributed by atoms with Crippen LogP contribution in [0, 0.1) is 11.8 Å². The third-order valence-electron chi connectivity index (χ3n) is 4.19. The summed E-state index contributed by atoms with van der Waals surface area (Å²) in [6.45, 7) is -10.4. The molecular formula is C19H27NO3. The Morgan fingerprint density at radius 3 is 3.04 bits per heavy atom. The number of Topliss-reactive ketones (excluding diaryl/α,β-unsaturated/α-hetero) is 1. The molecule has 2 aliphatic rings. The van der Waals surface area contributed by atoms with Crippen LogP contribution in [0.2, 0.25) is 0 Å². The van der Waals surface area contributed by atoms with Gasteiger partial charge in [0, 0.05) is 46.5 Å². The predicted molar refractivity (Wildman–Crippen MR) is 90.1 cm³/mol. The lowest BCUT2D eigenvalue weighted by atomic mass is 9.80. The molecule has 1 aromatic carbocycles. The minimum Gasteiger partial charge on any atom is -0.493 e. The standard InChI is InChI=1S/C19H27NO3/c1-12(2)7-14-11-20-6-5-13-8-18(22-3)19(23-4)9-15(13)16(20)10-17(14)21/h8-9,12,14,16H,5-7,10-11H2,1-4H3/i1D3,2D3,3D3,7D2,11D2,12D. The van der Waals surface area contributed by atoms with Gasteiger partial charge in [0.15, 0.2) is 11.5 Å². The van der Waals surface area contributed by atoms with Crippen molar-refractivity contribution in [3.63, 3.8) is 0 Å². The van der Waals surface area contributed by atoms with Crippen molar-refractivity contribution in [2.24, 2.45) is 11.8 Å². The lowest BCUT2D eigenvalue weighted by molar-refractivity contribution is -0.129. The second kappa shape index (κ2) is 6.52. The van der Waals surface area contributed by atoms with Gasteiger partial charge in [-0.3, -0.25) is 9.69 Å². The van der Waals surface area contributed by atoms with E-state index in [2.05, 4.69) is 0 Å². The fourth-order valence-electron chi connectivity index (χ4n) is 3.13. The molecule has 0 amide bonds. The largest absolute Gasteiger partial charge is 0.493 e. The third-order valence-corrected chi connectivity index (χ3v) is 4.19. The molecular weight excluding hydrogens is 290 g/mol. The Morgan fingerprint density at radius 1 is 1.48 bits per heavy atom. The van der Waals surface area contributed by atoms with Crippen molar-refractivity contribution in [2.75, 3.05) is 27.2 Å². The van der Waals surface area contributed by atoms with E-state index < -0.39 is 63.7 Å². The molecule has 3 rings (SSSR count). The number of hydrogen-bond donors (Lipinski definition) is 0. The van der Waals surface area contributed by atoms with Crippen molar-refractivity contribution in [1.29, 1.82) is 0 Å². The fourth-order valence-corrected chi connectivity index (χ4v) is 3.13. The van der Waals surface area contributed by atoms with Crippen LogP contribution in [0.4, 0.5) is 0 Å². The summed E-state index contributed by atoms with van der Waals surface area (Å²) < 4.78 is 121. The molecule has 0 bridgehead atoms. The zero-order valence-corrected chi connectivity index (χ0v) is 12.6. The van der Waals surface area contributed by atoms with Crippen LogP contribution < -0.4 is 9.47 Å². The van der Waals surface area contributed by atoms with E-state index in [1.807, 2.05) is 0 Å². The first kappa shape index (κ1) is 6.40. The number of fused-ring (bicyclic) bond motifs is 3. The van der Waals surface area contributed by atoms with Crippen LogP contribution in [0.25, 0.3) is 0 Å². The number of carbonyl (C=O) groups is 1. The van der Waals surface area contributed by atoms with E-state index in [0.717, 1.165) is 4.90 Å². The molecule has 1 saturated heterocycles. The second-order valence-corrected chi connectivity index (χ2v) is 5.52. The average molecular weight is 332 g/mol. The summed E-state index contributed by atoms with van der Waals surface area (Å²) in [5.41, 5.74) is 0.951. The summed E-state index contributed by atoms with van der Waals surface area (Å²) in [5.74, 6) is -7.33. The Morgan fingerprint density at radius 2 is 2.30 bits per heavy atom. The van der Waals surface area contributed by atoms with Crippen LogP contribution in [0.15, 0.2) is 12.1 Å². The molecule has 23 heavy (non-hydrogen) atoms. The highest BCUT2D eigenvalue weighted by molar-refractivity contribution is 5.83. The fraction of sp³-hybridized carbons (Fsp3) is 0.632. The van der Waals surface area contributed by atoms with Gasteiger partial charge in [0.1, 0.15) is 5.78 Å². The highest BCUT2D eigenvalue weighted by Gasteiger charge is 2.38. The molecule has 2 unspecified atom stereocenters. The molecule has 0 spiro atoms. The van der Waals surface area contributed by atoms with Crippen LogP contribution in [0.3, 0.4) is 0 Å². The zero-order valence-electron chi connectivity index (χ0n) is 26.6. The first-order valence-corrected chi connectivity index (χ1v) is 7.20. The number of hydrogen-bond acceptors (Lipinski definition) is 4. The quantitative estimate of drug-likeness (QED) is 0.849.